The smallest absolute Gasteiger partial charge is 0.386 e. The van der Waals surface area contributed by atoms with Crippen LogP contribution in [0.5, 0.6) is 0 Å². The van der Waals surface area contributed by atoms with Crippen LogP contribution in [-0.4, -0.2) is 28.1 Å². The topological polar surface area (TPSA) is 103 Å². The van der Waals surface area contributed by atoms with Crippen LogP contribution in [0.1, 0.15) is 61.1 Å². The molecule has 4 N–H and O–H groups in total. The maximum atomic E-state index is 13.2. The molecule has 220 valence electrons. The average Bonchev–Trinajstić information content (AvgIpc) is 3.93. The molecule has 0 bridgehead atoms. The first kappa shape index (κ1) is 28.4. The molecule has 0 spiro atoms. The number of carbonyl (C=O) groups is 1. The van der Waals surface area contributed by atoms with Gasteiger partial charge in [-0.2, -0.15) is 13.2 Å². The van der Waals surface area contributed by atoms with Crippen molar-refractivity contribution in [2.75, 3.05) is 10.6 Å². The van der Waals surface area contributed by atoms with E-state index >= 15 is 0 Å². The van der Waals surface area contributed by atoms with E-state index < -0.39 is 17.7 Å². The van der Waals surface area contributed by atoms with E-state index in [-0.39, 0.29) is 5.91 Å². The lowest BCUT2D eigenvalue weighted by Gasteiger charge is -2.17. The molecule has 3 aromatic carbocycles. The van der Waals surface area contributed by atoms with Gasteiger partial charge >= 0.3 is 6.18 Å². The van der Waals surface area contributed by atoms with Gasteiger partial charge in [-0.1, -0.05) is 30.3 Å². The van der Waals surface area contributed by atoms with Gasteiger partial charge in [0, 0.05) is 35.7 Å². The molecule has 2 aliphatic carbocycles. The summed E-state index contributed by atoms with van der Waals surface area (Å²) in [4.78, 5) is 22.2. The van der Waals surface area contributed by atoms with Crippen LogP contribution in [0.2, 0.25) is 0 Å². The predicted molar refractivity (Wildman–Crippen MR) is 162 cm³/mol. The van der Waals surface area contributed by atoms with E-state index in [9.17, 15) is 18.0 Å². The Balaban J connectivity index is 1.23. The largest absolute Gasteiger partial charge is 0.416 e. The number of hydrogen-bond donors (Lipinski definition) is 4. The third kappa shape index (κ3) is 6.69. The third-order valence-corrected chi connectivity index (χ3v) is 7.80. The number of fused-ring (bicyclic) bond motifs is 1. The quantitative estimate of drug-likeness (QED) is 0.144. The van der Waals surface area contributed by atoms with Gasteiger partial charge in [0.1, 0.15) is 0 Å². The minimum Gasteiger partial charge on any atom is -0.386 e. The molecule has 1 amide bonds. The average molecular weight is 585 g/mol. The number of aromatic nitrogens is 2. The van der Waals surface area contributed by atoms with Crippen LogP contribution in [0.4, 0.5) is 24.8 Å². The van der Waals surface area contributed by atoms with Crippen LogP contribution in [0.25, 0.3) is 22.0 Å². The fourth-order valence-corrected chi connectivity index (χ4v) is 4.98. The molecule has 2 aliphatic rings. The number of rotatable bonds is 10. The molecule has 2 fully saturated rings. The molecule has 0 aliphatic heterocycles. The van der Waals surface area contributed by atoms with Crippen molar-refractivity contribution in [3.8, 4) is 11.1 Å². The number of allylic oxidation sites excluding steroid dienone is 1. The summed E-state index contributed by atoms with van der Waals surface area (Å²) < 4.78 is 39.6. The Bertz CT molecular complexity index is 1730. The molecule has 0 radical (unpaired) electrons. The number of amides is 1. The van der Waals surface area contributed by atoms with Gasteiger partial charge in [-0.05, 0) is 91.1 Å². The maximum absolute atomic E-state index is 13.2. The van der Waals surface area contributed by atoms with Crippen LogP contribution >= 0.6 is 0 Å². The first-order chi connectivity index (χ1) is 20.7. The van der Waals surface area contributed by atoms with Crippen molar-refractivity contribution >= 4 is 34.7 Å². The van der Waals surface area contributed by atoms with Gasteiger partial charge in [-0.3, -0.25) is 4.79 Å². The van der Waals surface area contributed by atoms with Crippen LogP contribution in [-0.2, 0) is 11.0 Å². The summed E-state index contributed by atoms with van der Waals surface area (Å²) in [7, 11) is 0. The first-order valence-corrected chi connectivity index (χ1v) is 14.3. The van der Waals surface area contributed by atoms with Crippen molar-refractivity contribution in [2.45, 2.75) is 56.7 Å². The van der Waals surface area contributed by atoms with Crippen LogP contribution in [0.3, 0.4) is 0 Å². The monoisotopic (exact) mass is 584 g/mol. The number of carbonyl (C=O) groups excluding carboxylic acids is 1. The minimum atomic E-state index is -4.48. The van der Waals surface area contributed by atoms with Gasteiger partial charge < -0.3 is 21.4 Å². The molecule has 0 saturated heterocycles. The molecule has 2 saturated carbocycles. The third-order valence-electron chi connectivity index (χ3n) is 7.80. The molecule has 7 nitrogen and oxygen atoms in total. The summed E-state index contributed by atoms with van der Waals surface area (Å²) >= 11 is 0. The van der Waals surface area contributed by atoms with E-state index in [0.717, 1.165) is 59.8 Å². The minimum absolute atomic E-state index is 0.299. The van der Waals surface area contributed by atoms with Crippen LogP contribution in [0, 0.1) is 5.41 Å². The van der Waals surface area contributed by atoms with Crippen molar-refractivity contribution in [2.24, 2.45) is 0 Å². The number of halogens is 3. The van der Waals surface area contributed by atoms with Crippen LogP contribution in [0.15, 0.2) is 78.8 Å². The zero-order valence-corrected chi connectivity index (χ0v) is 23.5. The second-order valence-corrected chi connectivity index (χ2v) is 11.2. The zero-order valence-electron chi connectivity index (χ0n) is 23.5. The Morgan fingerprint density at radius 3 is 2.56 bits per heavy atom. The highest BCUT2D eigenvalue weighted by atomic mass is 19.4. The van der Waals surface area contributed by atoms with Gasteiger partial charge in [-0.15, -0.1) is 0 Å². The lowest BCUT2D eigenvalue weighted by atomic mass is 9.94. The summed E-state index contributed by atoms with van der Waals surface area (Å²) in [6.45, 7) is 1.60. The lowest BCUT2D eigenvalue weighted by Crippen LogP contribution is -2.19. The second-order valence-electron chi connectivity index (χ2n) is 11.2. The van der Waals surface area contributed by atoms with E-state index in [1.807, 2.05) is 36.4 Å². The molecule has 1 unspecified atom stereocenters. The molecule has 10 heteroatoms. The Kier molecular flexibility index (Phi) is 7.60. The van der Waals surface area contributed by atoms with Gasteiger partial charge in [0.05, 0.1) is 22.7 Å². The van der Waals surface area contributed by atoms with Crippen LogP contribution < -0.4 is 16.0 Å². The number of nitrogens with zero attached hydrogens (tertiary/aromatic N) is 2. The Morgan fingerprint density at radius 2 is 1.84 bits per heavy atom. The highest BCUT2D eigenvalue weighted by molar-refractivity contribution is 5.96. The molecular formula is C33H31F3N6O. The van der Waals surface area contributed by atoms with Crippen molar-refractivity contribution in [3.05, 3.63) is 95.4 Å². The summed E-state index contributed by atoms with van der Waals surface area (Å²) in [5.41, 5.74) is 4.53. The van der Waals surface area contributed by atoms with E-state index in [1.54, 1.807) is 19.3 Å². The van der Waals surface area contributed by atoms with E-state index in [1.165, 1.54) is 23.9 Å². The van der Waals surface area contributed by atoms with Crippen molar-refractivity contribution in [1.82, 2.24) is 15.3 Å². The standard InChI is InChI=1S/C33H31F3N6O/c1-19(21-3-2-4-24(14-21)33(34,35)36)31(43)40-26-10-11-28(20-5-6-20)29(15-26)22-7-12-30-23(13-22)17-39-32(42-30)41-27(16-37)18-38-25-8-9-25/h2-4,7,10-20,25,37-38H,5-6,8-9H2,1H3,(H,40,43)(H,39,41,42)/b27-18+,37-16?. The SMILES string of the molecule is CC(C(=O)Nc1ccc(C2CC2)c(-c2ccc3nc(N/C(C=N)=C/NC4CC4)ncc3c2)c1)c1cccc(C(F)(F)F)c1. The summed E-state index contributed by atoms with van der Waals surface area (Å²) in [6, 6.07) is 17.1. The number of nitrogens with one attached hydrogen (secondary N) is 4. The first-order valence-electron chi connectivity index (χ1n) is 14.3. The van der Waals surface area contributed by atoms with E-state index in [2.05, 4.69) is 25.9 Å². The van der Waals surface area contributed by atoms with Gasteiger partial charge in [0.2, 0.25) is 11.9 Å². The number of benzene rings is 3. The molecular weight excluding hydrogens is 553 g/mol. The Morgan fingerprint density at radius 1 is 1.02 bits per heavy atom. The summed E-state index contributed by atoms with van der Waals surface area (Å²) in [5.74, 6) is -0.326. The molecule has 43 heavy (non-hydrogen) atoms. The predicted octanol–water partition coefficient (Wildman–Crippen LogP) is 7.59. The second kappa shape index (κ2) is 11.5. The summed E-state index contributed by atoms with van der Waals surface area (Å²) in [6.07, 6.45) is 4.70. The highest BCUT2D eigenvalue weighted by Gasteiger charge is 2.31. The molecule has 1 aromatic heterocycles. The normalized spacial score (nSPS) is 16.0. The van der Waals surface area contributed by atoms with Crippen molar-refractivity contribution < 1.29 is 18.0 Å². The zero-order chi connectivity index (χ0) is 30.1. The van der Waals surface area contributed by atoms with Crippen molar-refractivity contribution in [1.29, 1.82) is 5.41 Å². The fraction of sp³-hybridized carbons (Fsp3) is 0.273. The van der Waals surface area contributed by atoms with E-state index in [4.69, 9.17) is 5.41 Å². The lowest BCUT2D eigenvalue weighted by molar-refractivity contribution is -0.137. The van der Waals surface area contributed by atoms with Gasteiger partial charge in [-0.25, -0.2) is 9.97 Å². The van der Waals surface area contributed by atoms with Gasteiger partial charge in [0.15, 0.2) is 0 Å². The number of alkyl halides is 3. The van der Waals surface area contributed by atoms with Gasteiger partial charge in [0.25, 0.3) is 0 Å². The highest BCUT2D eigenvalue weighted by Crippen LogP contribution is 2.45. The number of hydrogen-bond acceptors (Lipinski definition) is 6. The Labute approximate surface area is 247 Å². The van der Waals surface area contributed by atoms with E-state index in [0.29, 0.717) is 34.9 Å². The Hall–Kier alpha value is -4.73. The molecule has 1 atom stereocenters. The van der Waals surface area contributed by atoms with Crippen molar-refractivity contribution in [3.63, 3.8) is 0 Å². The number of anilines is 2. The molecule has 6 rings (SSSR count). The fourth-order valence-electron chi connectivity index (χ4n) is 4.98. The summed E-state index contributed by atoms with van der Waals surface area (Å²) in [5, 5.41) is 17.7. The molecule has 4 aromatic rings. The molecule has 1 heterocycles. The maximum Gasteiger partial charge on any atom is 0.416 e.